The Morgan fingerprint density at radius 1 is 1.15 bits per heavy atom. The monoisotopic (exact) mass is 561 g/mol. The molecule has 0 bridgehead atoms. The van der Waals surface area contributed by atoms with Crippen LogP contribution in [0.4, 0.5) is 29.3 Å². The minimum absolute atomic E-state index is 0.103. The topological polar surface area (TPSA) is 107 Å². The van der Waals surface area contributed by atoms with Gasteiger partial charge in [-0.15, -0.1) is 0 Å². The maximum absolute atomic E-state index is 15.7. The number of amides is 2. The number of piperazine rings is 1. The van der Waals surface area contributed by atoms with E-state index in [0.29, 0.717) is 49.9 Å². The first-order chi connectivity index (χ1) is 18.8. The number of benzene rings is 1. The highest BCUT2D eigenvalue weighted by Gasteiger charge is 2.30. The van der Waals surface area contributed by atoms with Gasteiger partial charge < -0.3 is 30.2 Å². The number of anilines is 2. The number of aromatic amines is 1. The molecular formula is C28H34F3N5O4. The fourth-order valence-electron chi connectivity index (χ4n) is 4.94. The Bertz CT molecular complexity index is 1370. The number of ether oxygens (including phenoxy) is 1. The van der Waals surface area contributed by atoms with Gasteiger partial charge in [0.05, 0.1) is 23.0 Å². The third-order valence-electron chi connectivity index (χ3n) is 6.77. The van der Waals surface area contributed by atoms with E-state index >= 15 is 4.39 Å². The van der Waals surface area contributed by atoms with Crippen LogP contribution in [0.1, 0.15) is 62.0 Å². The maximum atomic E-state index is 15.7. The molecule has 0 aliphatic carbocycles. The largest absolute Gasteiger partial charge is 0.447 e. The van der Waals surface area contributed by atoms with E-state index in [9.17, 15) is 23.2 Å². The standard InChI is InChI=1S/C28H34F3N5O4/c1-16(2)40-27(39)35-8-5-6-17(14-35)18-10-22(23(12-21(18)29)36-9-7-33-28(3,4)15-36)34-26(38)20-13-32-24(37)11-19(20)25(30)31/h6,10-13,16,25,33H,5,7-9,14-15H2,1-4H3,(H,32,37)(H,34,38). The van der Waals surface area contributed by atoms with Crippen LogP contribution in [0.3, 0.4) is 0 Å². The van der Waals surface area contributed by atoms with Gasteiger partial charge in [-0.1, -0.05) is 6.08 Å². The van der Waals surface area contributed by atoms with Crippen molar-refractivity contribution in [1.82, 2.24) is 15.2 Å². The van der Waals surface area contributed by atoms with Crippen molar-refractivity contribution in [3.8, 4) is 0 Å². The Labute approximate surface area is 230 Å². The molecule has 1 aromatic carbocycles. The molecule has 4 rings (SSSR count). The summed E-state index contributed by atoms with van der Waals surface area (Å²) in [4.78, 5) is 43.0. The van der Waals surface area contributed by atoms with E-state index in [0.717, 1.165) is 6.20 Å². The van der Waals surface area contributed by atoms with Crippen molar-refractivity contribution >= 4 is 28.9 Å². The number of aromatic nitrogens is 1. The maximum Gasteiger partial charge on any atom is 0.410 e. The van der Waals surface area contributed by atoms with Gasteiger partial charge in [0.15, 0.2) is 0 Å². The van der Waals surface area contributed by atoms with Crippen LogP contribution in [0.2, 0.25) is 0 Å². The quantitative estimate of drug-likeness (QED) is 0.479. The number of nitrogens with zero attached hydrogens (tertiary/aromatic N) is 2. The number of carbonyl (C=O) groups is 2. The Hall–Kier alpha value is -3.80. The second kappa shape index (κ2) is 11.7. The van der Waals surface area contributed by atoms with E-state index in [1.807, 2.05) is 24.8 Å². The second-order valence-corrected chi connectivity index (χ2v) is 10.9. The lowest BCUT2D eigenvalue weighted by Crippen LogP contribution is -2.57. The number of pyridine rings is 1. The number of rotatable bonds is 6. The number of carbonyl (C=O) groups excluding carboxylic acids is 2. The molecule has 3 N–H and O–H groups in total. The summed E-state index contributed by atoms with van der Waals surface area (Å²) >= 11 is 0. The summed E-state index contributed by atoms with van der Waals surface area (Å²) in [6.45, 7) is 9.61. The average molecular weight is 562 g/mol. The Balaban J connectivity index is 1.73. The van der Waals surface area contributed by atoms with Crippen LogP contribution < -0.4 is 21.1 Å². The summed E-state index contributed by atoms with van der Waals surface area (Å²) in [7, 11) is 0. The van der Waals surface area contributed by atoms with E-state index in [2.05, 4.69) is 15.6 Å². The second-order valence-electron chi connectivity index (χ2n) is 10.9. The molecule has 2 aliphatic heterocycles. The molecular weight excluding hydrogens is 527 g/mol. The van der Waals surface area contributed by atoms with Crippen molar-refractivity contribution in [2.45, 2.75) is 52.2 Å². The summed E-state index contributed by atoms with van der Waals surface area (Å²) in [5.41, 5.74) is -0.859. The highest BCUT2D eigenvalue weighted by molar-refractivity contribution is 6.07. The lowest BCUT2D eigenvalue weighted by Gasteiger charge is -2.41. The third-order valence-corrected chi connectivity index (χ3v) is 6.77. The highest BCUT2D eigenvalue weighted by atomic mass is 19.3. The van der Waals surface area contributed by atoms with Gasteiger partial charge >= 0.3 is 6.09 Å². The summed E-state index contributed by atoms with van der Waals surface area (Å²) in [6.07, 6.45) is -0.621. The van der Waals surface area contributed by atoms with Crippen molar-refractivity contribution in [3.63, 3.8) is 0 Å². The predicted molar refractivity (Wildman–Crippen MR) is 146 cm³/mol. The number of H-pyrrole nitrogens is 1. The van der Waals surface area contributed by atoms with Crippen LogP contribution >= 0.6 is 0 Å². The van der Waals surface area contributed by atoms with Gasteiger partial charge in [-0.05, 0) is 51.8 Å². The van der Waals surface area contributed by atoms with E-state index in [1.165, 1.54) is 17.0 Å². The Morgan fingerprint density at radius 3 is 2.58 bits per heavy atom. The minimum atomic E-state index is -3.05. The van der Waals surface area contributed by atoms with Gasteiger partial charge in [-0.25, -0.2) is 18.0 Å². The van der Waals surface area contributed by atoms with E-state index in [-0.39, 0.29) is 29.4 Å². The lowest BCUT2D eigenvalue weighted by atomic mass is 9.97. The normalized spacial score (nSPS) is 17.2. The molecule has 2 aromatic rings. The smallest absolute Gasteiger partial charge is 0.410 e. The fourth-order valence-corrected chi connectivity index (χ4v) is 4.94. The van der Waals surface area contributed by atoms with Gasteiger partial charge in [0.25, 0.3) is 12.3 Å². The van der Waals surface area contributed by atoms with Crippen LogP contribution in [0.15, 0.2) is 35.3 Å². The molecule has 12 heteroatoms. The van der Waals surface area contributed by atoms with Gasteiger partial charge in [-0.3, -0.25) is 9.59 Å². The number of nitrogens with one attached hydrogen (secondary N) is 3. The molecule has 2 amide bonds. The summed E-state index contributed by atoms with van der Waals surface area (Å²) < 4.78 is 48.3. The summed E-state index contributed by atoms with van der Waals surface area (Å²) in [5.74, 6) is -1.42. The van der Waals surface area contributed by atoms with Crippen LogP contribution in [0.25, 0.3) is 5.57 Å². The summed E-state index contributed by atoms with van der Waals surface area (Å²) in [5, 5.41) is 6.06. The zero-order chi connectivity index (χ0) is 29.2. The molecule has 9 nitrogen and oxygen atoms in total. The predicted octanol–water partition coefficient (Wildman–Crippen LogP) is 4.53. The molecule has 0 unspecified atom stereocenters. The first kappa shape index (κ1) is 29.2. The van der Waals surface area contributed by atoms with Gasteiger partial charge in [0.1, 0.15) is 5.82 Å². The third kappa shape index (κ3) is 6.67. The number of alkyl halides is 2. The molecule has 1 aromatic heterocycles. The van der Waals surface area contributed by atoms with Gasteiger partial charge in [-0.2, -0.15) is 0 Å². The first-order valence-corrected chi connectivity index (χ1v) is 13.2. The van der Waals surface area contributed by atoms with E-state index in [4.69, 9.17) is 4.74 Å². The van der Waals surface area contributed by atoms with Gasteiger partial charge in [0, 0.05) is 61.7 Å². The summed E-state index contributed by atoms with van der Waals surface area (Å²) in [6, 6.07) is 3.47. The molecule has 1 fully saturated rings. The van der Waals surface area contributed by atoms with Gasteiger partial charge in [0.2, 0.25) is 5.56 Å². The number of hydrogen-bond donors (Lipinski definition) is 3. The number of hydrogen-bond acceptors (Lipinski definition) is 6. The van der Waals surface area contributed by atoms with Crippen molar-refractivity contribution in [3.05, 3.63) is 63.3 Å². The molecule has 0 saturated carbocycles. The van der Waals surface area contributed by atoms with Crippen LogP contribution in [0, 0.1) is 5.82 Å². The molecule has 216 valence electrons. The SMILES string of the molecule is CC(C)OC(=O)N1CCC=C(c2cc(NC(=O)c3c[nH]c(=O)cc3C(F)F)c(N3CCNC(C)(C)C3)cc2F)C1. The molecule has 0 atom stereocenters. The van der Waals surface area contributed by atoms with E-state index in [1.54, 1.807) is 13.8 Å². The average Bonchev–Trinajstić information content (AvgIpc) is 2.88. The molecule has 3 heterocycles. The zero-order valence-electron chi connectivity index (χ0n) is 22.9. The van der Waals surface area contributed by atoms with Crippen molar-refractivity contribution in [1.29, 1.82) is 0 Å². The Kier molecular flexibility index (Phi) is 8.57. The lowest BCUT2D eigenvalue weighted by molar-refractivity contribution is 0.0802. The molecule has 40 heavy (non-hydrogen) atoms. The minimum Gasteiger partial charge on any atom is -0.447 e. The molecule has 0 spiro atoms. The highest BCUT2D eigenvalue weighted by Crippen LogP contribution is 2.36. The number of halogens is 3. The van der Waals surface area contributed by atoms with Crippen LogP contribution in [-0.2, 0) is 4.74 Å². The zero-order valence-corrected chi connectivity index (χ0v) is 22.9. The fraction of sp³-hybridized carbons (Fsp3) is 0.464. The first-order valence-electron chi connectivity index (χ1n) is 13.2. The van der Waals surface area contributed by atoms with Crippen molar-refractivity contribution in [2.24, 2.45) is 0 Å². The Morgan fingerprint density at radius 2 is 1.90 bits per heavy atom. The van der Waals surface area contributed by atoms with Crippen LogP contribution in [0.5, 0.6) is 0 Å². The molecule has 1 saturated heterocycles. The van der Waals surface area contributed by atoms with E-state index < -0.39 is 40.9 Å². The van der Waals surface area contributed by atoms with Crippen LogP contribution in [-0.4, -0.2) is 66.3 Å². The molecule has 2 aliphatic rings. The van der Waals surface area contributed by atoms with Crippen molar-refractivity contribution < 1.29 is 27.5 Å². The molecule has 0 radical (unpaired) electrons. The van der Waals surface area contributed by atoms with Crippen molar-refractivity contribution in [2.75, 3.05) is 42.9 Å².